The fraction of sp³-hybridized carbons (Fsp3) is 0.188. The summed E-state index contributed by atoms with van der Waals surface area (Å²) in [6.45, 7) is -1.28. The van der Waals surface area contributed by atoms with Gasteiger partial charge in [-0.2, -0.15) is 8.78 Å². The van der Waals surface area contributed by atoms with Gasteiger partial charge in [-0.1, -0.05) is 18.2 Å². The number of amides is 1. The highest BCUT2D eigenvalue weighted by atomic mass is 32.2. The SMILES string of the molecule is C[C@@H](NC(=O)c1cccc(OC(F)F)c1)c1ccc(S(N)(=O)=O)cc1. The zero-order valence-electron chi connectivity index (χ0n) is 13.1. The molecular formula is C16H16F2N2O4S. The second kappa shape index (κ2) is 7.58. The van der Waals surface area contributed by atoms with E-state index in [0.29, 0.717) is 5.56 Å². The van der Waals surface area contributed by atoms with Gasteiger partial charge >= 0.3 is 6.61 Å². The van der Waals surface area contributed by atoms with Gasteiger partial charge in [0.25, 0.3) is 5.91 Å². The van der Waals surface area contributed by atoms with Crippen LogP contribution < -0.4 is 15.2 Å². The first-order chi connectivity index (χ1) is 11.7. The Kier molecular flexibility index (Phi) is 5.70. The average molecular weight is 370 g/mol. The Morgan fingerprint density at radius 3 is 2.36 bits per heavy atom. The molecule has 0 aliphatic carbocycles. The van der Waals surface area contributed by atoms with Crippen molar-refractivity contribution in [3.8, 4) is 5.75 Å². The summed E-state index contributed by atoms with van der Waals surface area (Å²) in [7, 11) is -3.79. The molecule has 1 amide bonds. The molecule has 0 aliphatic rings. The average Bonchev–Trinajstić information content (AvgIpc) is 2.53. The normalized spacial score (nSPS) is 12.7. The fourth-order valence-corrected chi connectivity index (χ4v) is 2.64. The number of ether oxygens (including phenoxy) is 1. The molecule has 0 unspecified atom stereocenters. The Labute approximate surface area is 143 Å². The Hall–Kier alpha value is -2.52. The van der Waals surface area contributed by atoms with E-state index < -0.39 is 28.6 Å². The number of rotatable bonds is 6. The standard InChI is InChI=1S/C16H16F2N2O4S/c1-10(11-5-7-14(8-6-11)25(19,22)23)20-15(21)12-3-2-4-13(9-12)24-16(17)18/h2-10,16H,1H3,(H,20,21)(H2,19,22,23)/t10-/m1/s1. The lowest BCUT2D eigenvalue weighted by atomic mass is 10.1. The smallest absolute Gasteiger partial charge is 0.387 e. The third-order valence-electron chi connectivity index (χ3n) is 3.38. The van der Waals surface area contributed by atoms with Crippen molar-refractivity contribution in [2.45, 2.75) is 24.5 Å². The molecule has 6 nitrogen and oxygen atoms in total. The maximum atomic E-state index is 12.2. The van der Waals surface area contributed by atoms with Crippen molar-refractivity contribution < 1.29 is 26.7 Å². The predicted octanol–water partition coefficient (Wildman–Crippen LogP) is 2.43. The lowest BCUT2D eigenvalue weighted by Gasteiger charge is -2.15. The summed E-state index contributed by atoms with van der Waals surface area (Å²) in [5, 5.41) is 7.71. The van der Waals surface area contributed by atoms with Crippen LogP contribution >= 0.6 is 0 Å². The molecule has 134 valence electrons. The van der Waals surface area contributed by atoms with Crippen LogP contribution in [0.15, 0.2) is 53.4 Å². The summed E-state index contributed by atoms with van der Waals surface area (Å²) >= 11 is 0. The lowest BCUT2D eigenvalue weighted by molar-refractivity contribution is -0.0498. The first kappa shape index (κ1) is 18.8. The molecule has 0 saturated heterocycles. The molecule has 0 heterocycles. The third kappa shape index (κ3) is 5.23. The van der Waals surface area contributed by atoms with Crippen molar-refractivity contribution in [2.75, 3.05) is 0 Å². The van der Waals surface area contributed by atoms with Crippen molar-refractivity contribution in [2.24, 2.45) is 5.14 Å². The number of hydrogen-bond acceptors (Lipinski definition) is 4. The monoisotopic (exact) mass is 370 g/mol. The van der Waals surface area contributed by atoms with Gasteiger partial charge < -0.3 is 10.1 Å². The van der Waals surface area contributed by atoms with Crippen LogP contribution in [0.2, 0.25) is 0 Å². The first-order valence-electron chi connectivity index (χ1n) is 7.15. The minimum Gasteiger partial charge on any atom is -0.435 e. The van der Waals surface area contributed by atoms with E-state index in [2.05, 4.69) is 10.1 Å². The summed E-state index contributed by atoms with van der Waals surface area (Å²) < 4.78 is 51.2. The molecule has 0 saturated carbocycles. The fourth-order valence-electron chi connectivity index (χ4n) is 2.12. The Morgan fingerprint density at radius 1 is 1.16 bits per heavy atom. The number of sulfonamides is 1. The van der Waals surface area contributed by atoms with E-state index in [4.69, 9.17) is 5.14 Å². The molecule has 9 heteroatoms. The number of primary sulfonamides is 1. The first-order valence-corrected chi connectivity index (χ1v) is 8.70. The Morgan fingerprint density at radius 2 is 1.80 bits per heavy atom. The second-order valence-electron chi connectivity index (χ2n) is 5.22. The zero-order valence-corrected chi connectivity index (χ0v) is 14.0. The van der Waals surface area contributed by atoms with Crippen molar-refractivity contribution >= 4 is 15.9 Å². The highest BCUT2D eigenvalue weighted by Gasteiger charge is 2.14. The van der Waals surface area contributed by atoms with Gasteiger partial charge in [0.2, 0.25) is 10.0 Å². The topological polar surface area (TPSA) is 98.5 Å². The van der Waals surface area contributed by atoms with E-state index in [0.717, 1.165) is 0 Å². The van der Waals surface area contributed by atoms with Crippen molar-refractivity contribution in [3.05, 3.63) is 59.7 Å². The summed E-state index contributed by atoms with van der Waals surface area (Å²) in [6, 6.07) is 10.7. The van der Waals surface area contributed by atoms with Gasteiger partial charge in [0.15, 0.2) is 0 Å². The number of carbonyl (C=O) groups excluding carboxylic acids is 1. The molecular weight excluding hydrogens is 354 g/mol. The largest absolute Gasteiger partial charge is 0.435 e. The molecule has 0 aromatic heterocycles. The molecule has 25 heavy (non-hydrogen) atoms. The Bertz CT molecular complexity index is 855. The maximum absolute atomic E-state index is 12.2. The van der Waals surface area contributed by atoms with Crippen LogP contribution in [0.4, 0.5) is 8.78 Å². The predicted molar refractivity (Wildman–Crippen MR) is 86.8 cm³/mol. The van der Waals surface area contributed by atoms with E-state index in [1.807, 2.05) is 0 Å². The van der Waals surface area contributed by atoms with Gasteiger partial charge in [-0.3, -0.25) is 4.79 Å². The van der Waals surface area contributed by atoms with Gasteiger partial charge in [0, 0.05) is 5.56 Å². The van der Waals surface area contributed by atoms with Crippen LogP contribution in [0.3, 0.4) is 0 Å². The molecule has 3 N–H and O–H groups in total. The third-order valence-corrected chi connectivity index (χ3v) is 4.31. The summed E-state index contributed by atoms with van der Waals surface area (Å²) in [6.07, 6.45) is 0. The summed E-state index contributed by atoms with van der Waals surface area (Å²) in [4.78, 5) is 12.2. The van der Waals surface area contributed by atoms with Crippen LogP contribution in [0.5, 0.6) is 5.75 Å². The van der Waals surface area contributed by atoms with Gasteiger partial charge in [-0.05, 0) is 42.8 Å². The molecule has 0 fully saturated rings. The second-order valence-corrected chi connectivity index (χ2v) is 6.78. The van der Waals surface area contributed by atoms with Gasteiger partial charge in [0.05, 0.1) is 10.9 Å². The van der Waals surface area contributed by atoms with Gasteiger partial charge in [-0.25, -0.2) is 13.6 Å². The molecule has 0 bridgehead atoms. The van der Waals surface area contributed by atoms with Crippen LogP contribution in [0.1, 0.15) is 28.9 Å². The van der Waals surface area contributed by atoms with E-state index in [-0.39, 0.29) is 16.2 Å². The summed E-state index contributed by atoms with van der Waals surface area (Å²) in [5.74, 6) is -0.601. The van der Waals surface area contributed by atoms with Crippen molar-refractivity contribution in [3.63, 3.8) is 0 Å². The highest BCUT2D eigenvalue weighted by molar-refractivity contribution is 7.89. The number of halogens is 2. The minimum absolute atomic E-state index is 0.0355. The zero-order chi connectivity index (χ0) is 18.6. The quantitative estimate of drug-likeness (QED) is 0.816. The van der Waals surface area contributed by atoms with E-state index in [1.54, 1.807) is 6.92 Å². The van der Waals surface area contributed by atoms with Crippen LogP contribution in [0.25, 0.3) is 0 Å². The van der Waals surface area contributed by atoms with Crippen LogP contribution in [0, 0.1) is 0 Å². The molecule has 0 spiro atoms. The number of nitrogens with one attached hydrogen (secondary N) is 1. The van der Waals surface area contributed by atoms with E-state index in [1.165, 1.54) is 48.5 Å². The van der Waals surface area contributed by atoms with Gasteiger partial charge in [-0.15, -0.1) is 0 Å². The van der Waals surface area contributed by atoms with E-state index in [9.17, 15) is 22.0 Å². The van der Waals surface area contributed by atoms with Crippen LogP contribution in [-0.2, 0) is 10.0 Å². The number of hydrogen-bond donors (Lipinski definition) is 2. The maximum Gasteiger partial charge on any atom is 0.387 e. The molecule has 1 atom stereocenters. The number of nitrogens with two attached hydrogens (primary N) is 1. The van der Waals surface area contributed by atoms with Gasteiger partial charge in [0.1, 0.15) is 5.75 Å². The molecule has 2 aromatic carbocycles. The number of alkyl halides is 2. The summed E-state index contributed by atoms with van der Waals surface area (Å²) in [5.41, 5.74) is 0.812. The number of benzene rings is 2. The van der Waals surface area contributed by atoms with Crippen molar-refractivity contribution in [1.82, 2.24) is 5.32 Å². The molecule has 0 radical (unpaired) electrons. The van der Waals surface area contributed by atoms with E-state index >= 15 is 0 Å². The van der Waals surface area contributed by atoms with Crippen LogP contribution in [-0.4, -0.2) is 20.9 Å². The molecule has 2 rings (SSSR count). The lowest BCUT2D eigenvalue weighted by Crippen LogP contribution is -2.26. The Balaban J connectivity index is 2.09. The van der Waals surface area contributed by atoms with Crippen molar-refractivity contribution in [1.29, 1.82) is 0 Å². The molecule has 0 aliphatic heterocycles. The highest BCUT2D eigenvalue weighted by Crippen LogP contribution is 2.19. The number of carbonyl (C=O) groups is 1. The molecule has 2 aromatic rings. The minimum atomic E-state index is -3.79.